The summed E-state index contributed by atoms with van der Waals surface area (Å²) in [6, 6.07) is 15.2. The minimum atomic E-state index is -0.635. The van der Waals surface area contributed by atoms with Crippen LogP contribution in [-0.2, 0) is 4.79 Å². The lowest BCUT2D eigenvalue weighted by molar-refractivity contribution is -0.127. The van der Waals surface area contributed by atoms with E-state index in [0.717, 1.165) is 5.56 Å². The van der Waals surface area contributed by atoms with Gasteiger partial charge >= 0.3 is 6.03 Å². The van der Waals surface area contributed by atoms with Crippen molar-refractivity contribution in [2.75, 3.05) is 18.4 Å². The van der Waals surface area contributed by atoms with Crippen molar-refractivity contribution < 1.29 is 9.59 Å². The van der Waals surface area contributed by atoms with Gasteiger partial charge in [0.15, 0.2) is 0 Å². The SMILES string of the molecule is O=C1NCCN(C(=O)Nc2cccc(Cl)c2)C1c1ccccc1. The van der Waals surface area contributed by atoms with Gasteiger partial charge in [-0.2, -0.15) is 0 Å². The zero-order chi connectivity index (χ0) is 16.2. The number of hydrogen-bond acceptors (Lipinski definition) is 2. The van der Waals surface area contributed by atoms with Crippen LogP contribution in [-0.4, -0.2) is 29.9 Å². The van der Waals surface area contributed by atoms with Gasteiger partial charge in [0, 0.05) is 23.8 Å². The first kappa shape index (κ1) is 15.4. The van der Waals surface area contributed by atoms with Crippen LogP contribution in [0.25, 0.3) is 0 Å². The zero-order valence-corrected chi connectivity index (χ0v) is 13.1. The highest BCUT2D eigenvalue weighted by atomic mass is 35.5. The summed E-state index contributed by atoms with van der Waals surface area (Å²) in [5.41, 5.74) is 1.38. The highest BCUT2D eigenvalue weighted by Crippen LogP contribution is 2.24. The molecule has 1 unspecified atom stereocenters. The number of benzene rings is 2. The Kier molecular flexibility index (Phi) is 4.48. The molecule has 0 aliphatic carbocycles. The van der Waals surface area contributed by atoms with E-state index >= 15 is 0 Å². The largest absolute Gasteiger partial charge is 0.352 e. The molecule has 0 radical (unpaired) electrons. The molecule has 1 atom stereocenters. The van der Waals surface area contributed by atoms with Crippen LogP contribution in [0.2, 0.25) is 5.02 Å². The maximum Gasteiger partial charge on any atom is 0.322 e. The maximum absolute atomic E-state index is 12.6. The Balaban J connectivity index is 1.83. The molecule has 118 valence electrons. The Hall–Kier alpha value is -2.53. The topological polar surface area (TPSA) is 61.4 Å². The predicted molar refractivity (Wildman–Crippen MR) is 89.4 cm³/mol. The van der Waals surface area contributed by atoms with Crippen molar-refractivity contribution in [1.29, 1.82) is 0 Å². The van der Waals surface area contributed by atoms with Gasteiger partial charge in [0.05, 0.1) is 0 Å². The maximum atomic E-state index is 12.6. The average Bonchev–Trinajstić information content (AvgIpc) is 2.55. The van der Waals surface area contributed by atoms with Crippen molar-refractivity contribution >= 4 is 29.2 Å². The number of rotatable bonds is 2. The first-order valence-corrected chi connectivity index (χ1v) is 7.69. The molecule has 0 bridgehead atoms. The molecule has 1 aliphatic rings. The molecule has 1 aliphatic heterocycles. The van der Waals surface area contributed by atoms with Crippen LogP contribution in [0.3, 0.4) is 0 Å². The number of nitrogens with zero attached hydrogens (tertiary/aromatic N) is 1. The van der Waals surface area contributed by atoms with Crippen molar-refractivity contribution in [3.8, 4) is 0 Å². The third-order valence-corrected chi connectivity index (χ3v) is 3.90. The molecule has 0 aromatic heterocycles. The molecule has 2 aromatic carbocycles. The van der Waals surface area contributed by atoms with Gasteiger partial charge in [0.1, 0.15) is 6.04 Å². The van der Waals surface area contributed by atoms with Gasteiger partial charge in [-0.15, -0.1) is 0 Å². The van der Waals surface area contributed by atoms with Gasteiger partial charge in [-0.05, 0) is 23.8 Å². The van der Waals surface area contributed by atoms with E-state index < -0.39 is 6.04 Å². The third kappa shape index (κ3) is 3.46. The molecule has 0 spiro atoms. The Labute approximate surface area is 139 Å². The molecule has 3 amide bonds. The summed E-state index contributed by atoms with van der Waals surface area (Å²) in [5, 5.41) is 6.14. The third-order valence-electron chi connectivity index (χ3n) is 3.66. The first-order chi connectivity index (χ1) is 11.1. The normalized spacial score (nSPS) is 17.5. The number of halogens is 1. The molecule has 2 N–H and O–H groups in total. The number of carbonyl (C=O) groups excluding carboxylic acids is 2. The summed E-state index contributed by atoms with van der Waals surface area (Å²) < 4.78 is 0. The highest BCUT2D eigenvalue weighted by molar-refractivity contribution is 6.30. The Bertz CT molecular complexity index is 721. The quantitative estimate of drug-likeness (QED) is 0.889. The van der Waals surface area contributed by atoms with Crippen molar-refractivity contribution in [3.63, 3.8) is 0 Å². The van der Waals surface area contributed by atoms with Crippen molar-refractivity contribution in [2.45, 2.75) is 6.04 Å². The second-order valence-electron chi connectivity index (χ2n) is 5.24. The summed E-state index contributed by atoms with van der Waals surface area (Å²) in [6.45, 7) is 0.878. The monoisotopic (exact) mass is 329 g/mol. The molecule has 6 heteroatoms. The van der Waals surface area contributed by atoms with E-state index in [1.54, 1.807) is 24.3 Å². The van der Waals surface area contributed by atoms with E-state index in [2.05, 4.69) is 10.6 Å². The van der Waals surface area contributed by atoms with Crippen LogP contribution < -0.4 is 10.6 Å². The molecule has 2 aromatic rings. The smallest absolute Gasteiger partial charge is 0.322 e. The van der Waals surface area contributed by atoms with Crippen LogP contribution in [0.15, 0.2) is 54.6 Å². The molecule has 1 saturated heterocycles. The van der Waals surface area contributed by atoms with Gasteiger partial charge in [-0.3, -0.25) is 4.79 Å². The van der Waals surface area contributed by atoms with Crippen molar-refractivity contribution in [2.24, 2.45) is 0 Å². The van der Waals surface area contributed by atoms with Crippen molar-refractivity contribution in [1.82, 2.24) is 10.2 Å². The lowest BCUT2D eigenvalue weighted by Gasteiger charge is -2.35. The summed E-state index contributed by atoms with van der Waals surface area (Å²) in [6.07, 6.45) is 0. The molecule has 0 saturated carbocycles. The number of hydrogen-bond donors (Lipinski definition) is 2. The van der Waals surface area contributed by atoms with E-state index in [4.69, 9.17) is 11.6 Å². The van der Waals surface area contributed by atoms with Crippen LogP contribution in [0.1, 0.15) is 11.6 Å². The lowest BCUT2D eigenvalue weighted by atomic mass is 10.0. The van der Waals surface area contributed by atoms with Gasteiger partial charge in [0.25, 0.3) is 0 Å². The Morgan fingerprint density at radius 3 is 2.70 bits per heavy atom. The van der Waals surface area contributed by atoms with Gasteiger partial charge in [-0.1, -0.05) is 48.0 Å². The number of carbonyl (C=O) groups is 2. The molecule has 1 heterocycles. The van der Waals surface area contributed by atoms with Crippen LogP contribution in [0, 0.1) is 0 Å². The number of anilines is 1. The average molecular weight is 330 g/mol. The van der Waals surface area contributed by atoms with E-state index in [1.165, 1.54) is 4.90 Å². The number of nitrogens with one attached hydrogen (secondary N) is 2. The van der Waals surface area contributed by atoms with E-state index in [-0.39, 0.29) is 11.9 Å². The summed E-state index contributed by atoms with van der Waals surface area (Å²) >= 11 is 5.93. The molecule has 5 nitrogen and oxygen atoms in total. The minimum absolute atomic E-state index is 0.177. The van der Waals surface area contributed by atoms with Crippen LogP contribution >= 0.6 is 11.6 Å². The summed E-state index contributed by atoms with van der Waals surface area (Å²) in [4.78, 5) is 26.4. The van der Waals surface area contributed by atoms with Crippen molar-refractivity contribution in [3.05, 3.63) is 65.2 Å². The fourth-order valence-corrected chi connectivity index (χ4v) is 2.80. The fourth-order valence-electron chi connectivity index (χ4n) is 2.61. The highest BCUT2D eigenvalue weighted by Gasteiger charge is 2.34. The standard InChI is InChI=1S/C17H16ClN3O2/c18-13-7-4-8-14(11-13)20-17(23)21-10-9-19-16(22)15(21)12-5-2-1-3-6-12/h1-8,11,15H,9-10H2,(H,19,22)(H,20,23). The van der Waals surface area contributed by atoms with Gasteiger partial charge in [0.2, 0.25) is 5.91 Å². The minimum Gasteiger partial charge on any atom is -0.352 e. The van der Waals surface area contributed by atoms with E-state index in [1.807, 2.05) is 30.3 Å². The lowest BCUT2D eigenvalue weighted by Crippen LogP contribution is -2.53. The summed E-state index contributed by atoms with van der Waals surface area (Å²) in [5.74, 6) is -0.177. The second-order valence-corrected chi connectivity index (χ2v) is 5.67. The van der Waals surface area contributed by atoms with E-state index in [0.29, 0.717) is 23.8 Å². The number of piperazine rings is 1. The van der Waals surface area contributed by atoms with Crippen LogP contribution in [0.5, 0.6) is 0 Å². The second kappa shape index (κ2) is 6.71. The molecular formula is C17H16ClN3O2. The molecule has 1 fully saturated rings. The molecule has 23 heavy (non-hydrogen) atoms. The predicted octanol–water partition coefficient (Wildman–Crippen LogP) is 3.05. The van der Waals surface area contributed by atoms with E-state index in [9.17, 15) is 9.59 Å². The number of urea groups is 1. The summed E-state index contributed by atoms with van der Waals surface area (Å²) in [7, 11) is 0. The molecule has 3 rings (SSSR count). The number of amides is 3. The zero-order valence-electron chi connectivity index (χ0n) is 12.3. The Morgan fingerprint density at radius 2 is 1.96 bits per heavy atom. The first-order valence-electron chi connectivity index (χ1n) is 7.31. The van der Waals surface area contributed by atoms with Crippen LogP contribution in [0.4, 0.5) is 10.5 Å². The molecular weight excluding hydrogens is 314 g/mol. The fraction of sp³-hybridized carbons (Fsp3) is 0.176. The van der Waals surface area contributed by atoms with Gasteiger partial charge in [-0.25, -0.2) is 4.79 Å². The van der Waals surface area contributed by atoms with Gasteiger partial charge < -0.3 is 15.5 Å². The Morgan fingerprint density at radius 1 is 1.17 bits per heavy atom.